The lowest BCUT2D eigenvalue weighted by Crippen LogP contribution is -2.40. The van der Waals surface area contributed by atoms with Gasteiger partial charge in [-0.15, -0.1) is 0 Å². The molecule has 0 atom stereocenters. The van der Waals surface area contributed by atoms with E-state index in [-0.39, 0.29) is 6.09 Å². The van der Waals surface area contributed by atoms with Gasteiger partial charge in [0.05, 0.1) is 12.2 Å². The van der Waals surface area contributed by atoms with Gasteiger partial charge in [0.2, 0.25) is 0 Å². The van der Waals surface area contributed by atoms with Crippen molar-refractivity contribution in [3.05, 3.63) is 65.7 Å². The fourth-order valence-corrected chi connectivity index (χ4v) is 3.01. The van der Waals surface area contributed by atoms with Crippen LogP contribution in [0, 0.1) is 5.92 Å². The molecule has 0 radical (unpaired) electrons. The number of carbonyl (C=O) groups excluding carboxylic acids is 2. The molecule has 0 bridgehead atoms. The zero-order valence-corrected chi connectivity index (χ0v) is 14.7. The summed E-state index contributed by atoms with van der Waals surface area (Å²) in [5, 5.41) is 0. The van der Waals surface area contributed by atoms with E-state index < -0.39 is 0 Å². The van der Waals surface area contributed by atoms with Gasteiger partial charge in [0.25, 0.3) is 0 Å². The number of nitrogens with zero attached hydrogens (tertiary/aromatic N) is 1. The molecule has 0 N–H and O–H groups in total. The summed E-state index contributed by atoms with van der Waals surface area (Å²) in [7, 11) is 0. The molecule has 5 nitrogen and oxygen atoms in total. The zero-order chi connectivity index (χ0) is 18.2. The molecule has 1 heterocycles. The minimum atomic E-state index is -0.264. The zero-order valence-electron chi connectivity index (χ0n) is 14.7. The second kappa shape index (κ2) is 9.04. The van der Waals surface area contributed by atoms with Gasteiger partial charge in [-0.1, -0.05) is 42.5 Å². The minimum Gasteiger partial charge on any atom is -0.493 e. The first-order chi connectivity index (χ1) is 12.8. The Labute approximate surface area is 153 Å². The molecule has 3 rings (SSSR count). The maximum Gasteiger partial charge on any atom is 0.410 e. The lowest BCUT2D eigenvalue weighted by atomic mass is 9.98. The van der Waals surface area contributed by atoms with Crippen LogP contribution >= 0.6 is 0 Å². The van der Waals surface area contributed by atoms with Crippen LogP contribution in [0.1, 0.15) is 28.8 Å². The summed E-state index contributed by atoms with van der Waals surface area (Å²) in [5.74, 6) is 0.986. The largest absolute Gasteiger partial charge is 0.493 e. The Morgan fingerprint density at radius 2 is 1.73 bits per heavy atom. The molecule has 1 aliphatic heterocycles. The Morgan fingerprint density at radius 3 is 2.46 bits per heavy atom. The van der Waals surface area contributed by atoms with Crippen molar-refractivity contribution in [2.75, 3.05) is 19.7 Å². The third kappa shape index (κ3) is 4.85. The summed E-state index contributed by atoms with van der Waals surface area (Å²) in [5.41, 5.74) is 1.55. The lowest BCUT2D eigenvalue weighted by Gasteiger charge is -2.31. The van der Waals surface area contributed by atoms with Gasteiger partial charge >= 0.3 is 6.09 Å². The van der Waals surface area contributed by atoms with Crippen LogP contribution in [0.4, 0.5) is 4.79 Å². The number of aldehydes is 1. The van der Waals surface area contributed by atoms with Crippen molar-refractivity contribution in [3.8, 4) is 5.75 Å². The molecular weight excluding hydrogens is 330 g/mol. The number of carbonyl (C=O) groups is 2. The fourth-order valence-electron chi connectivity index (χ4n) is 3.01. The first-order valence-corrected chi connectivity index (χ1v) is 8.89. The second-order valence-corrected chi connectivity index (χ2v) is 6.44. The van der Waals surface area contributed by atoms with Crippen molar-refractivity contribution < 1.29 is 19.1 Å². The highest BCUT2D eigenvalue weighted by atomic mass is 16.6. The number of likely N-dealkylation sites (tertiary alicyclic amines) is 1. The molecule has 1 saturated heterocycles. The Bertz CT molecular complexity index is 724. The molecule has 26 heavy (non-hydrogen) atoms. The summed E-state index contributed by atoms with van der Waals surface area (Å²) in [6.07, 6.45) is 2.27. The molecule has 1 fully saturated rings. The van der Waals surface area contributed by atoms with Crippen LogP contribution in [0.25, 0.3) is 0 Å². The van der Waals surface area contributed by atoms with Gasteiger partial charge in [-0.25, -0.2) is 4.79 Å². The highest BCUT2D eigenvalue weighted by molar-refractivity contribution is 5.79. The van der Waals surface area contributed by atoms with Crippen molar-refractivity contribution in [2.45, 2.75) is 19.4 Å². The Hall–Kier alpha value is -2.82. The van der Waals surface area contributed by atoms with Gasteiger partial charge in [0.15, 0.2) is 6.29 Å². The Balaban J connectivity index is 1.41. The summed E-state index contributed by atoms with van der Waals surface area (Å²) >= 11 is 0. The highest BCUT2D eigenvalue weighted by Crippen LogP contribution is 2.22. The van der Waals surface area contributed by atoms with Crippen LogP contribution in [0.2, 0.25) is 0 Å². The maximum atomic E-state index is 12.2. The molecule has 2 aromatic carbocycles. The summed E-state index contributed by atoms with van der Waals surface area (Å²) < 4.78 is 11.2. The number of benzene rings is 2. The van der Waals surface area contributed by atoms with Crippen molar-refractivity contribution in [1.29, 1.82) is 0 Å². The highest BCUT2D eigenvalue weighted by Gasteiger charge is 2.24. The SMILES string of the molecule is O=Cc1ccccc1OCC1CCN(C(=O)OCc2ccccc2)CC1. The molecule has 1 aliphatic rings. The number of rotatable bonds is 6. The van der Waals surface area contributed by atoms with E-state index in [0.717, 1.165) is 24.7 Å². The standard InChI is InChI=1S/C21H23NO4/c23-14-19-8-4-5-9-20(19)25-15-18-10-12-22(13-11-18)21(24)26-16-17-6-2-1-3-7-17/h1-9,14,18H,10-13,15-16H2. The molecule has 0 aliphatic carbocycles. The second-order valence-electron chi connectivity index (χ2n) is 6.44. The van der Waals surface area contributed by atoms with Crippen LogP contribution < -0.4 is 4.74 Å². The Morgan fingerprint density at radius 1 is 1.04 bits per heavy atom. The average molecular weight is 353 g/mol. The molecule has 136 valence electrons. The molecule has 0 spiro atoms. The lowest BCUT2D eigenvalue weighted by molar-refractivity contribution is 0.0759. The predicted molar refractivity (Wildman–Crippen MR) is 98.2 cm³/mol. The fraction of sp³-hybridized carbons (Fsp3) is 0.333. The van der Waals surface area contributed by atoms with Gasteiger partial charge in [0.1, 0.15) is 12.4 Å². The van der Waals surface area contributed by atoms with Crippen LogP contribution in [0.5, 0.6) is 5.75 Å². The van der Waals surface area contributed by atoms with E-state index >= 15 is 0 Å². The molecule has 5 heteroatoms. The van der Waals surface area contributed by atoms with Crippen LogP contribution in [0.3, 0.4) is 0 Å². The Kier molecular flexibility index (Phi) is 6.25. The van der Waals surface area contributed by atoms with E-state index in [1.807, 2.05) is 42.5 Å². The molecule has 0 unspecified atom stereocenters. The van der Waals surface area contributed by atoms with Crippen molar-refractivity contribution in [2.24, 2.45) is 5.92 Å². The maximum absolute atomic E-state index is 12.2. The third-order valence-corrected chi connectivity index (χ3v) is 4.60. The van der Waals surface area contributed by atoms with Crippen LogP contribution in [0.15, 0.2) is 54.6 Å². The van der Waals surface area contributed by atoms with Crippen LogP contribution in [-0.2, 0) is 11.3 Å². The first kappa shape index (κ1) is 18.0. The quantitative estimate of drug-likeness (QED) is 0.739. The van der Waals surface area contributed by atoms with E-state index in [9.17, 15) is 9.59 Å². The van der Waals surface area contributed by atoms with Gasteiger partial charge in [-0.2, -0.15) is 0 Å². The van der Waals surface area contributed by atoms with Gasteiger partial charge < -0.3 is 14.4 Å². The van der Waals surface area contributed by atoms with E-state index in [1.165, 1.54) is 0 Å². The molecular formula is C21H23NO4. The molecule has 0 saturated carbocycles. The topological polar surface area (TPSA) is 55.8 Å². The summed E-state index contributed by atoms with van der Waals surface area (Å²) in [6.45, 7) is 2.18. The number of hydrogen-bond donors (Lipinski definition) is 0. The number of para-hydroxylation sites is 1. The third-order valence-electron chi connectivity index (χ3n) is 4.60. The van der Waals surface area contributed by atoms with E-state index in [4.69, 9.17) is 9.47 Å². The number of piperidine rings is 1. The summed E-state index contributed by atoms with van der Waals surface area (Å²) in [4.78, 5) is 24.9. The van der Waals surface area contributed by atoms with Gasteiger partial charge in [-0.05, 0) is 36.5 Å². The van der Waals surface area contributed by atoms with Crippen molar-refractivity contribution in [1.82, 2.24) is 4.90 Å². The molecule has 0 aromatic heterocycles. The summed E-state index contributed by atoms with van der Waals surface area (Å²) in [6, 6.07) is 16.9. The number of hydrogen-bond acceptors (Lipinski definition) is 4. The monoisotopic (exact) mass is 353 g/mol. The van der Waals surface area contributed by atoms with E-state index in [2.05, 4.69) is 0 Å². The number of amides is 1. The predicted octanol–water partition coefficient (Wildman–Crippen LogP) is 3.93. The van der Waals surface area contributed by atoms with Crippen LogP contribution in [-0.4, -0.2) is 37.0 Å². The normalized spacial score (nSPS) is 14.7. The van der Waals surface area contributed by atoms with Crippen molar-refractivity contribution in [3.63, 3.8) is 0 Å². The minimum absolute atomic E-state index is 0.264. The van der Waals surface area contributed by atoms with Gasteiger partial charge in [0, 0.05) is 13.1 Å². The number of ether oxygens (including phenoxy) is 2. The average Bonchev–Trinajstić information content (AvgIpc) is 2.72. The van der Waals surface area contributed by atoms with E-state index in [0.29, 0.717) is 43.5 Å². The first-order valence-electron chi connectivity index (χ1n) is 8.89. The van der Waals surface area contributed by atoms with Crippen molar-refractivity contribution >= 4 is 12.4 Å². The molecule has 1 amide bonds. The van der Waals surface area contributed by atoms with Gasteiger partial charge in [-0.3, -0.25) is 4.79 Å². The van der Waals surface area contributed by atoms with E-state index in [1.54, 1.807) is 17.0 Å². The molecule has 2 aromatic rings. The smallest absolute Gasteiger partial charge is 0.410 e.